The molecule has 3 aromatic rings. The van der Waals surface area contributed by atoms with Crippen molar-refractivity contribution in [1.29, 1.82) is 0 Å². The molecule has 0 saturated carbocycles. The summed E-state index contributed by atoms with van der Waals surface area (Å²) in [5, 5.41) is 3.83. The smallest absolute Gasteiger partial charge is 0.263 e. The quantitative estimate of drug-likeness (QED) is 0.470. The van der Waals surface area contributed by atoms with Gasteiger partial charge in [0.15, 0.2) is 5.60 Å². The zero-order chi connectivity index (χ0) is 21.6. The van der Waals surface area contributed by atoms with Crippen molar-refractivity contribution in [1.82, 2.24) is 5.32 Å². The van der Waals surface area contributed by atoms with Crippen LogP contribution in [0.25, 0.3) is 0 Å². The highest BCUT2D eigenvalue weighted by Crippen LogP contribution is 2.33. The van der Waals surface area contributed by atoms with Gasteiger partial charge in [-0.3, -0.25) is 4.79 Å². The van der Waals surface area contributed by atoms with E-state index in [-0.39, 0.29) is 17.7 Å². The number of carbonyl (C=O) groups excluding carboxylic acids is 1. The number of hydrogen-bond donors (Lipinski definition) is 1. The molecule has 3 aromatic carbocycles. The molecule has 0 aromatic heterocycles. The molecule has 0 aliphatic carbocycles. The average Bonchev–Trinajstić information content (AvgIpc) is 2.75. The number of benzene rings is 3. The van der Waals surface area contributed by atoms with Gasteiger partial charge in [-0.1, -0.05) is 79.2 Å². The summed E-state index contributed by atoms with van der Waals surface area (Å²) in [6.45, 7) is 6.26. The zero-order valence-corrected chi connectivity index (χ0v) is 18.4. The summed E-state index contributed by atoms with van der Waals surface area (Å²) in [7, 11) is 0. The summed E-state index contributed by atoms with van der Waals surface area (Å²) >= 11 is 6.06. The van der Waals surface area contributed by atoms with Crippen molar-refractivity contribution in [3.05, 3.63) is 101 Å². The predicted molar refractivity (Wildman–Crippen MR) is 123 cm³/mol. The van der Waals surface area contributed by atoms with Crippen LogP contribution in [0.4, 0.5) is 0 Å². The van der Waals surface area contributed by atoms with E-state index >= 15 is 0 Å². The van der Waals surface area contributed by atoms with E-state index in [1.807, 2.05) is 72.8 Å². The molecule has 0 aliphatic rings. The molecule has 30 heavy (non-hydrogen) atoms. The second-order valence-corrected chi connectivity index (χ2v) is 8.43. The standard InChI is InChI=1S/C26H28ClNO2/c1-19(20-14-16-22(27)17-15-20)24(21-10-6-4-7-11-21)18-28-25(29)26(2,3)30-23-12-8-5-9-13-23/h4-17,19,24H,18H2,1-3H3,(H,28,29). The number of carbonyl (C=O) groups is 1. The normalized spacial score (nSPS) is 13.3. The number of hydrogen-bond acceptors (Lipinski definition) is 2. The molecule has 0 bridgehead atoms. The lowest BCUT2D eigenvalue weighted by atomic mass is 9.82. The molecule has 0 heterocycles. The van der Waals surface area contributed by atoms with Gasteiger partial charge in [-0.15, -0.1) is 0 Å². The predicted octanol–water partition coefficient (Wildman–Crippen LogP) is 6.20. The van der Waals surface area contributed by atoms with Gasteiger partial charge in [0.2, 0.25) is 0 Å². The lowest BCUT2D eigenvalue weighted by molar-refractivity contribution is -0.134. The molecule has 3 rings (SSSR count). The average molecular weight is 422 g/mol. The number of ether oxygens (including phenoxy) is 1. The molecule has 2 unspecified atom stereocenters. The highest BCUT2D eigenvalue weighted by molar-refractivity contribution is 6.30. The van der Waals surface area contributed by atoms with Gasteiger partial charge in [-0.25, -0.2) is 0 Å². The molecule has 156 valence electrons. The first-order chi connectivity index (χ1) is 14.4. The van der Waals surface area contributed by atoms with Crippen molar-refractivity contribution < 1.29 is 9.53 Å². The summed E-state index contributed by atoms with van der Waals surface area (Å²) in [4.78, 5) is 13.0. The van der Waals surface area contributed by atoms with E-state index in [4.69, 9.17) is 16.3 Å². The minimum Gasteiger partial charge on any atom is -0.478 e. The maximum atomic E-state index is 13.0. The summed E-state index contributed by atoms with van der Waals surface area (Å²) in [6.07, 6.45) is 0. The fraction of sp³-hybridized carbons (Fsp3) is 0.269. The largest absolute Gasteiger partial charge is 0.478 e. The van der Waals surface area contributed by atoms with Gasteiger partial charge in [0.1, 0.15) is 5.75 Å². The summed E-state index contributed by atoms with van der Waals surface area (Å²) in [5.74, 6) is 0.842. The molecule has 4 heteroatoms. The van der Waals surface area contributed by atoms with E-state index in [1.165, 1.54) is 11.1 Å². The molecule has 0 radical (unpaired) electrons. The van der Waals surface area contributed by atoms with Crippen molar-refractivity contribution in [2.24, 2.45) is 0 Å². The van der Waals surface area contributed by atoms with Crippen LogP contribution >= 0.6 is 11.6 Å². The third-order valence-corrected chi connectivity index (χ3v) is 5.62. The van der Waals surface area contributed by atoms with Crippen molar-refractivity contribution in [2.45, 2.75) is 38.2 Å². The van der Waals surface area contributed by atoms with Crippen LogP contribution in [-0.2, 0) is 4.79 Å². The topological polar surface area (TPSA) is 38.3 Å². The van der Waals surface area contributed by atoms with Gasteiger partial charge in [0, 0.05) is 17.5 Å². The van der Waals surface area contributed by atoms with Crippen molar-refractivity contribution >= 4 is 17.5 Å². The maximum absolute atomic E-state index is 13.0. The van der Waals surface area contributed by atoms with Crippen LogP contribution in [0, 0.1) is 0 Å². The van der Waals surface area contributed by atoms with Crippen LogP contribution in [0.15, 0.2) is 84.9 Å². The third-order valence-electron chi connectivity index (χ3n) is 5.37. The third kappa shape index (κ3) is 5.64. The van der Waals surface area contributed by atoms with Gasteiger partial charge >= 0.3 is 0 Å². The van der Waals surface area contributed by atoms with E-state index in [2.05, 4.69) is 24.4 Å². The van der Waals surface area contributed by atoms with E-state index in [1.54, 1.807) is 13.8 Å². The number of halogens is 1. The SMILES string of the molecule is CC(c1ccc(Cl)cc1)C(CNC(=O)C(C)(C)Oc1ccccc1)c1ccccc1. The Morgan fingerprint density at radius 1 is 0.900 bits per heavy atom. The van der Waals surface area contributed by atoms with Gasteiger partial charge in [0.05, 0.1) is 0 Å². The monoisotopic (exact) mass is 421 g/mol. The number of para-hydroxylation sites is 1. The Morgan fingerprint density at radius 3 is 2.07 bits per heavy atom. The van der Waals surface area contributed by atoms with Crippen molar-refractivity contribution in [3.63, 3.8) is 0 Å². The van der Waals surface area contributed by atoms with Crippen LogP contribution in [0.3, 0.4) is 0 Å². The Labute approximate surface area is 184 Å². The van der Waals surface area contributed by atoms with Crippen LogP contribution < -0.4 is 10.1 Å². The number of rotatable bonds is 8. The lowest BCUT2D eigenvalue weighted by Gasteiger charge is -2.29. The van der Waals surface area contributed by atoms with E-state index in [9.17, 15) is 4.79 Å². The van der Waals surface area contributed by atoms with Gasteiger partial charge in [-0.2, -0.15) is 0 Å². The number of amides is 1. The Balaban J connectivity index is 1.74. The highest BCUT2D eigenvalue weighted by Gasteiger charge is 2.31. The van der Waals surface area contributed by atoms with Crippen molar-refractivity contribution in [3.8, 4) is 5.75 Å². The number of nitrogens with one attached hydrogen (secondary N) is 1. The summed E-state index contributed by atoms with van der Waals surface area (Å²) in [6, 6.07) is 27.6. The Hall–Kier alpha value is -2.78. The first kappa shape index (κ1) is 21.9. The summed E-state index contributed by atoms with van der Waals surface area (Å²) in [5.41, 5.74) is 1.39. The Morgan fingerprint density at radius 2 is 1.47 bits per heavy atom. The van der Waals surface area contributed by atoms with E-state index in [0.29, 0.717) is 12.3 Å². The van der Waals surface area contributed by atoms with E-state index in [0.717, 1.165) is 5.02 Å². The van der Waals surface area contributed by atoms with E-state index < -0.39 is 5.60 Å². The highest BCUT2D eigenvalue weighted by atomic mass is 35.5. The molecule has 1 N–H and O–H groups in total. The minimum absolute atomic E-state index is 0.115. The van der Waals surface area contributed by atoms with Gasteiger partial charge < -0.3 is 10.1 Å². The lowest BCUT2D eigenvalue weighted by Crippen LogP contribution is -2.47. The van der Waals surface area contributed by atoms with Gasteiger partial charge in [-0.05, 0) is 55.2 Å². The van der Waals surface area contributed by atoms with Crippen LogP contribution in [0.1, 0.15) is 43.7 Å². The van der Waals surface area contributed by atoms with Crippen molar-refractivity contribution in [2.75, 3.05) is 6.54 Å². The maximum Gasteiger partial charge on any atom is 0.263 e. The fourth-order valence-corrected chi connectivity index (χ4v) is 3.65. The molecule has 0 saturated heterocycles. The Bertz CT molecular complexity index is 940. The second-order valence-electron chi connectivity index (χ2n) is 7.99. The van der Waals surface area contributed by atoms with Gasteiger partial charge in [0.25, 0.3) is 5.91 Å². The fourth-order valence-electron chi connectivity index (χ4n) is 3.53. The molecule has 1 amide bonds. The zero-order valence-electron chi connectivity index (χ0n) is 17.6. The first-order valence-electron chi connectivity index (χ1n) is 10.2. The molecular formula is C26H28ClNO2. The van der Waals surface area contributed by atoms with Crippen LogP contribution in [-0.4, -0.2) is 18.1 Å². The Kier molecular flexibility index (Phi) is 7.17. The van der Waals surface area contributed by atoms with Crippen LogP contribution in [0.2, 0.25) is 5.02 Å². The second kappa shape index (κ2) is 9.82. The minimum atomic E-state index is -0.980. The molecule has 3 nitrogen and oxygen atoms in total. The first-order valence-corrected chi connectivity index (χ1v) is 10.6. The molecular weight excluding hydrogens is 394 g/mol. The molecule has 0 fully saturated rings. The molecule has 0 aliphatic heterocycles. The summed E-state index contributed by atoms with van der Waals surface area (Å²) < 4.78 is 5.93. The van der Waals surface area contributed by atoms with Crippen LogP contribution in [0.5, 0.6) is 5.75 Å². The molecule has 0 spiro atoms. The molecule has 2 atom stereocenters.